The molecule has 35 heavy (non-hydrogen) atoms. The van der Waals surface area contributed by atoms with Gasteiger partial charge in [0.1, 0.15) is 5.75 Å². The molecule has 7 nitrogen and oxygen atoms in total. The number of aryl methyl sites for hydroxylation is 1. The number of carbonyl (C=O) groups excluding carboxylic acids is 2. The van der Waals surface area contributed by atoms with Gasteiger partial charge in [-0.15, -0.1) is 0 Å². The fourth-order valence-corrected chi connectivity index (χ4v) is 5.06. The number of ether oxygens (including phenoxy) is 2. The highest BCUT2D eigenvalue weighted by Crippen LogP contribution is 2.35. The Morgan fingerprint density at radius 1 is 1.14 bits per heavy atom. The second-order valence-electron chi connectivity index (χ2n) is 9.30. The van der Waals surface area contributed by atoms with Crippen molar-refractivity contribution in [1.82, 2.24) is 9.88 Å². The van der Waals surface area contributed by atoms with Gasteiger partial charge in [0.15, 0.2) is 6.10 Å². The molecule has 0 unspecified atom stereocenters. The van der Waals surface area contributed by atoms with Crippen LogP contribution in [0.3, 0.4) is 0 Å². The zero-order chi connectivity index (χ0) is 25.2. The molecule has 2 atom stereocenters. The van der Waals surface area contributed by atoms with Gasteiger partial charge >= 0.3 is 5.97 Å². The lowest BCUT2D eigenvalue weighted by Crippen LogP contribution is -2.52. The molecule has 1 fully saturated rings. The van der Waals surface area contributed by atoms with Gasteiger partial charge in [0, 0.05) is 24.8 Å². The van der Waals surface area contributed by atoms with E-state index in [1.54, 1.807) is 30.2 Å². The molecule has 2 heterocycles. The lowest BCUT2D eigenvalue weighted by atomic mass is 9.77. The van der Waals surface area contributed by atoms with Gasteiger partial charge in [-0.3, -0.25) is 14.4 Å². The molecule has 1 amide bonds. The van der Waals surface area contributed by atoms with Crippen molar-refractivity contribution in [3.63, 3.8) is 0 Å². The molecule has 184 valence electrons. The molecule has 0 radical (unpaired) electrons. The Morgan fingerprint density at radius 3 is 2.63 bits per heavy atom. The Hall–Kier alpha value is -3.61. The Morgan fingerprint density at radius 2 is 1.91 bits per heavy atom. The van der Waals surface area contributed by atoms with E-state index in [1.165, 1.54) is 7.11 Å². The summed E-state index contributed by atoms with van der Waals surface area (Å²) in [7, 11) is 1.39. The highest BCUT2D eigenvalue weighted by molar-refractivity contribution is 5.97. The first kappa shape index (κ1) is 24.5. The minimum absolute atomic E-state index is 0.186. The molecule has 4 rings (SSSR count). The van der Waals surface area contributed by atoms with Gasteiger partial charge in [-0.25, -0.2) is 0 Å². The summed E-state index contributed by atoms with van der Waals surface area (Å²) in [5.74, 6) is -0.0177. The fourth-order valence-electron chi connectivity index (χ4n) is 5.06. The van der Waals surface area contributed by atoms with Crippen LogP contribution in [0, 0.1) is 12.3 Å². The molecule has 0 spiro atoms. The lowest BCUT2D eigenvalue weighted by Gasteiger charge is -2.40. The number of likely N-dealkylation sites (tertiary alicyclic amines) is 1. The summed E-state index contributed by atoms with van der Waals surface area (Å²) >= 11 is 0. The third kappa shape index (κ3) is 4.67. The zero-order valence-electron chi connectivity index (χ0n) is 20.7. The summed E-state index contributed by atoms with van der Waals surface area (Å²) in [6.07, 6.45) is 3.00. The zero-order valence-corrected chi connectivity index (χ0v) is 20.7. The van der Waals surface area contributed by atoms with Gasteiger partial charge in [0.25, 0.3) is 11.5 Å². The first-order chi connectivity index (χ1) is 16.8. The van der Waals surface area contributed by atoms with Gasteiger partial charge in [0.2, 0.25) is 0 Å². The van der Waals surface area contributed by atoms with E-state index in [-0.39, 0.29) is 17.4 Å². The molecular weight excluding hydrogens is 444 g/mol. The van der Waals surface area contributed by atoms with Gasteiger partial charge in [-0.1, -0.05) is 31.2 Å². The van der Waals surface area contributed by atoms with Gasteiger partial charge in [-0.2, -0.15) is 0 Å². The topological polar surface area (TPSA) is 88.7 Å². The number of aromatic amines is 1. The molecule has 0 bridgehead atoms. The SMILES string of the molecule is CC[C@@]1(C(=O)OC)CCCN(C(=O)[C@@H](C)Oc2ccc3c(-c4ccccc4C)c[nH]c(=O)c3c2)C1. The number of nitrogens with zero attached hydrogens (tertiary/aromatic N) is 1. The average molecular weight is 477 g/mol. The number of amides is 1. The Labute approximate surface area is 205 Å². The normalized spacial score (nSPS) is 18.8. The largest absolute Gasteiger partial charge is 0.481 e. The number of nitrogens with one attached hydrogen (secondary N) is 1. The maximum absolute atomic E-state index is 13.2. The van der Waals surface area contributed by atoms with Crippen molar-refractivity contribution in [2.24, 2.45) is 5.41 Å². The van der Waals surface area contributed by atoms with Gasteiger partial charge in [0.05, 0.1) is 17.9 Å². The van der Waals surface area contributed by atoms with E-state index in [9.17, 15) is 14.4 Å². The summed E-state index contributed by atoms with van der Waals surface area (Å²) in [5.41, 5.74) is 2.19. The van der Waals surface area contributed by atoms with Crippen LogP contribution >= 0.6 is 0 Å². The predicted molar refractivity (Wildman–Crippen MR) is 135 cm³/mol. The van der Waals surface area contributed by atoms with Crippen LogP contribution in [0.4, 0.5) is 0 Å². The van der Waals surface area contributed by atoms with Crippen molar-refractivity contribution in [1.29, 1.82) is 0 Å². The molecule has 1 N–H and O–H groups in total. The van der Waals surface area contributed by atoms with Gasteiger partial charge in [-0.05, 0) is 67.8 Å². The number of fused-ring (bicyclic) bond motifs is 1. The highest BCUT2D eigenvalue weighted by atomic mass is 16.5. The molecular formula is C28H32N2O5. The Balaban J connectivity index is 1.57. The van der Waals surface area contributed by atoms with E-state index in [0.29, 0.717) is 37.1 Å². The number of H-pyrrole nitrogens is 1. The number of benzene rings is 2. The maximum Gasteiger partial charge on any atom is 0.313 e. The number of pyridine rings is 1. The average Bonchev–Trinajstić information content (AvgIpc) is 2.88. The van der Waals surface area contributed by atoms with Gasteiger partial charge < -0.3 is 19.4 Å². The van der Waals surface area contributed by atoms with Crippen LogP contribution in [-0.2, 0) is 14.3 Å². The van der Waals surface area contributed by atoms with E-state index in [2.05, 4.69) is 4.98 Å². The molecule has 1 aromatic heterocycles. The third-order valence-corrected chi connectivity index (χ3v) is 7.15. The number of hydrogen-bond acceptors (Lipinski definition) is 5. The summed E-state index contributed by atoms with van der Waals surface area (Å²) < 4.78 is 11.0. The predicted octanol–water partition coefficient (Wildman–Crippen LogP) is 4.46. The van der Waals surface area contributed by atoms with Crippen molar-refractivity contribution in [2.45, 2.75) is 46.1 Å². The molecule has 1 saturated heterocycles. The van der Waals surface area contributed by atoms with E-state index >= 15 is 0 Å². The van der Waals surface area contributed by atoms with Crippen LogP contribution in [-0.4, -0.2) is 48.1 Å². The summed E-state index contributed by atoms with van der Waals surface area (Å²) in [5, 5.41) is 1.31. The van der Waals surface area contributed by atoms with Crippen molar-refractivity contribution in [3.8, 4) is 16.9 Å². The third-order valence-electron chi connectivity index (χ3n) is 7.15. The van der Waals surface area contributed by atoms with Crippen LogP contribution in [0.5, 0.6) is 5.75 Å². The maximum atomic E-state index is 13.2. The Bertz CT molecular complexity index is 1310. The number of piperidine rings is 1. The number of methoxy groups -OCH3 is 1. The van der Waals surface area contributed by atoms with Crippen LogP contribution in [0.1, 0.15) is 38.7 Å². The molecule has 2 aromatic carbocycles. The van der Waals surface area contributed by atoms with Crippen LogP contribution in [0.15, 0.2) is 53.5 Å². The van der Waals surface area contributed by atoms with E-state index in [0.717, 1.165) is 28.5 Å². The molecule has 7 heteroatoms. The quantitative estimate of drug-likeness (QED) is 0.531. The minimum Gasteiger partial charge on any atom is -0.481 e. The summed E-state index contributed by atoms with van der Waals surface area (Å²) in [6, 6.07) is 13.3. The lowest BCUT2D eigenvalue weighted by molar-refractivity contribution is -0.160. The van der Waals surface area contributed by atoms with E-state index < -0.39 is 11.5 Å². The minimum atomic E-state index is -0.767. The highest BCUT2D eigenvalue weighted by Gasteiger charge is 2.43. The van der Waals surface area contributed by atoms with Crippen LogP contribution in [0.2, 0.25) is 0 Å². The van der Waals surface area contributed by atoms with Crippen molar-refractivity contribution in [2.75, 3.05) is 20.2 Å². The summed E-state index contributed by atoms with van der Waals surface area (Å²) in [6.45, 7) is 6.57. The number of hydrogen-bond donors (Lipinski definition) is 1. The number of aromatic nitrogens is 1. The Kier molecular flexibility index (Phi) is 6.96. The first-order valence-corrected chi connectivity index (χ1v) is 12.0. The second kappa shape index (κ2) is 9.94. The summed E-state index contributed by atoms with van der Waals surface area (Å²) in [4.78, 5) is 42.8. The smallest absolute Gasteiger partial charge is 0.313 e. The van der Waals surface area contributed by atoms with Crippen molar-refractivity contribution < 1.29 is 19.1 Å². The number of esters is 1. The second-order valence-corrected chi connectivity index (χ2v) is 9.30. The monoisotopic (exact) mass is 476 g/mol. The molecule has 1 aliphatic heterocycles. The number of rotatable bonds is 6. The van der Waals surface area contributed by atoms with Crippen molar-refractivity contribution >= 4 is 22.6 Å². The first-order valence-electron chi connectivity index (χ1n) is 12.0. The van der Waals surface area contributed by atoms with E-state index in [4.69, 9.17) is 9.47 Å². The molecule has 1 aliphatic rings. The fraction of sp³-hybridized carbons (Fsp3) is 0.393. The van der Waals surface area contributed by atoms with E-state index in [1.807, 2.05) is 44.2 Å². The molecule has 0 aliphatic carbocycles. The van der Waals surface area contributed by atoms with Crippen LogP contribution in [0.25, 0.3) is 21.9 Å². The molecule has 3 aromatic rings. The molecule has 0 saturated carbocycles. The van der Waals surface area contributed by atoms with Crippen molar-refractivity contribution in [3.05, 3.63) is 64.6 Å². The standard InChI is InChI=1S/C28H32N2O5/c1-5-28(27(33)34-4)13-8-14-30(17-28)26(32)19(3)35-20-11-12-22-23(15-20)25(31)29-16-24(22)21-10-7-6-9-18(21)2/h6-7,9-12,15-16,19H,5,8,13-14,17H2,1-4H3,(H,29,31)/t19-,28-/m1/s1. The van der Waals surface area contributed by atoms with Crippen LogP contribution < -0.4 is 10.3 Å². The number of carbonyl (C=O) groups is 2.